The standard InChI is InChI=1S/C21H23F5N4O3/c22-20(23,12-1-2-16(27-7-12)21(24,25)26)13-5-19(6-13)10-30(11-19)18(32)29-4-3-15-14(8-29)28-17(31)9-33-15/h1-2,7,13-15H,3-6,8-11H2,(H,28,31)/t14-,15+/m1/s1. The number of aromatic nitrogens is 1. The molecule has 1 aromatic rings. The maximum absolute atomic E-state index is 14.8. The molecule has 0 aromatic carbocycles. The molecule has 1 aliphatic carbocycles. The molecule has 1 saturated carbocycles. The second-order valence-electron chi connectivity index (χ2n) is 9.55. The molecule has 4 aliphatic rings. The van der Waals surface area contributed by atoms with Gasteiger partial charge in [-0.15, -0.1) is 0 Å². The van der Waals surface area contributed by atoms with E-state index in [1.165, 1.54) is 0 Å². The number of urea groups is 1. The highest BCUT2D eigenvalue weighted by atomic mass is 19.4. The van der Waals surface area contributed by atoms with Gasteiger partial charge in [0.05, 0.1) is 12.1 Å². The van der Waals surface area contributed by atoms with Crippen molar-refractivity contribution in [1.82, 2.24) is 20.1 Å². The number of rotatable bonds is 2. The molecule has 1 aromatic heterocycles. The molecule has 3 amide bonds. The number of pyridine rings is 1. The lowest BCUT2D eigenvalue weighted by atomic mass is 9.55. The van der Waals surface area contributed by atoms with Gasteiger partial charge in [-0.2, -0.15) is 13.2 Å². The number of carbonyl (C=O) groups is 2. The quantitative estimate of drug-likeness (QED) is 0.669. The summed E-state index contributed by atoms with van der Waals surface area (Å²) in [6.45, 7) is 1.62. The minimum Gasteiger partial charge on any atom is -0.366 e. The summed E-state index contributed by atoms with van der Waals surface area (Å²) in [4.78, 5) is 30.8. The first-order chi connectivity index (χ1) is 15.5. The number of piperidine rings is 1. The van der Waals surface area contributed by atoms with Gasteiger partial charge in [0.25, 0.3) is 5.92 Å². The highest BCUT2D eigenvalue weighted by Crippen LogP contribution is 2.59. The van der Waals surface area contributed by atoms with Crippen LogP contribution in [-0.2, 0) is 21.6 Å². The van der Waals surface area contributed by atoms with Crippen molar-refractivity contribution in [2.45, 2.75) is 43.5 Å². The number of nitrogens with one attached hydrogen (secondary N) is 1. The Morgan fingerprint density at radius 2 is 1.88 bits per heavy atom. The minimum atomic E-state index is -4.68. The zero-order chi connectivity index (χ0) is 23.6. The highest BCUT2D eigenvalue weighted by molar-refractivity contribution is 5.79. The molecule has 1 spiro atoms. The number of nitrogens with zero attached hydrogens (tertiary/aromatic N) is 3. The van der Waals surface area contributed by atoms with Crippen molar-refractivity contribution in [3.8, 4) is 0 Å². The number of likely N-dealkylation sites (tertiary alicyclic amines) is 2. The molecule has 2 atom stereocenters. The van der Waals surface area contributed by atoms with Crippen LogP contribution in [0, 0.1) is 11.3 Å². The van der Waals surface area contributed by atoms with Gasteiger partial charge in [-0.05, 0) is 31.4 Å². The second-order valence-corrected chi connectivity index (χ2v) is 9.55. The van der Waals surface area contributed by atoms with Gasteiger partial charge in [0.1, 0.15) is 12.3 Å². The first-order valence-corrected chi connectivity index (χ1v) is 10.8. The lowest BCUT2D eigenvalue weighted by molar-refractivity contribution is -0.178. The monoisotopic (exact) mass is 474 g/mol. The first-order valence-electron chi connectivity index (χ1n) is 10.8. The van der Waals surface area contributed by atoms with Crippen molar-refractivity contribution in [2.75, 3.05) is 32.8 Å². The first kappa shape index (κ1) is 22.3. The zero-order valence-electron chi connectivity index (χ0n) is 17.6. The summed E-state index contributed by atoms with van der Waals surface area (Å²) in [5.74, 6) is -4.50. The highest BCUT2D eigenvalue weighted by Gasteiger charge is 2.61. The van der Waals surface area contributed by atoms with E-state index in [1.807, 2.05) is 0 Å². The normalized spacial score (nSPS) is 27.5. The van der Waals surface area contributed by atoms with Crippen LogP contribution in [0.3, 0.4) is 0 Å². The summed E-state index contributed by atoms with van der Waals surface area (Å²) in [6.07, 6.45) is -3.18. The summed E-state index contributed by atoms with van der Waals surface area (Å²) in [7, 11) is 0. The number of alkyl halides is 5. The topological polar surface area (TPSA) is 74.8 Å². The van der Waals surface area contributed by atoms with E-state index in [2.05, 4.69) is 10.3 Å². The molecule has 0 bridgehead atoms. The van der Waals surface area contributed by atoms with Crippen LogP contribution >= 0.6 is 0 Å². The Bertz CT molecular complexity index is 940. The Hall–Kier alpha value is -2.50. The van der Waals surface area contributed by atoms with Crippen LogP contribution in [0.15, 0.2) is 18.3 Å². The van der Waals surface area contributed by atoms with Gasteiger partial charge in [-0.25, -0.2) is 13.6 Å². The van der Waals surface area contributed by atoms with Crippen molar-refractivity contribution in [3.63, 3.8) is 0 Å². The predicted octanol–water partition coefficient (Wildman–Crippen LogP) is 2.61. The lowest BCUT2D eigenvalue weighted by Gasteiger charge is -2.60. The predicted molar refractivity (Wildman–Crippen MR) is 103 cm³/mol. The van der Waals surface area contributed by atoms with E-state index < -0.39 is 29.3 Å². The Kier molecular flexibility index (Phi) is 5.07. The van der Waals surface area contributed by atoms with Crippen LogP contribution in [0.2, 0.25) is 0 Å². The summed E-state index contributed by atoms with van der Waals surface area (Å²) >= 11 is 0. The van der Waals surface area contributed by atoms with Crippen LogP contribution < -0.4 is 5.32 Å². The SMILES string of the molecule is O=C1CO[C@H]2CCN(C(=O)N3CC4(CC(C(F)(F)c5ccc(C(F)(F)F)nc5)C4)C3)C[C@H]2N1. The van der Waals surface area contributed by atoms with E-state index in [9.17, 15) is 31.5 Å². The van der Waals surface area contributed by atoms with Crippen molar-refractivity contribution in [3.05, 3.63) is 29.6 Å². The summed E-state index contributed by atoms with van der Waals surface area (Å²) in [5, 5.41) is 2.84. The molecule has 4 heterocycles. The molecule has 180 valence electrons. The number of halogens is 5. The molecule has 12 heteroatoms. The van der Waals surface area contributed by atoms with E-state index in [1.54, 1.807) is 9.80 Å². The number of morpholine rings is 1. The summed E-state index contributed by atoms with van der Waals surface area (Å²) < 4.78 is 73.0. The molecular weight excluding hydrogens is 451 g/mol. The molecule has 0 unspecified atom stereocenters. The van der Waals surface area contributed by atoms with E-state index in [0.29, 0.717) is 44.9 Å². The Balaban J connectivity index is 1.14. The van der Waals surface area contributed by atoms with Gasteiger partial charge in [0.2, 0.25) is 5.91 Å². The number of hydrogen-bond donors (Lipinski definition) is 1. The van der Waals surface area contributed by atoms with Crippen molar-refractivity contribution >= 4 is 11.9 Å². The zero-order valence-corrected chi connectivity index (χ0v) is 17.6. The second kappa shape index (κ2) is 7.51. The van der Waals surface area contributed by atoms with Crippen molar-refractivity contribution < 1.29 is 36.3 Å². The van der Waals surface area contributed by atoms with E-state index in [-0.39, 0.29) is 48.9 Å². The van der Waals surface area contributed by atoms with Crippen LogP contribution in [-0.4, -0.2) is 71.7 Å². The van der Waals surface area contributed by atoms with Crippen molar-refractivity contribution in [2.24, 2.45) is 11.3 Å². The molecular formula is C21H23F5N4O3. The molecule has 5 rings (SSSR count). The molecule has 33 heavy (non-hydrogen) atoms. The molecule has 3 saturated heterocycles. The van der Waals surface area contributed by atoms with Gasteiger partial charge in [-0.3, -0.25) is 9.78 Å². The average molecular weight is 474 g/mol. The van der Waals surface area contributed by atoms with Gasteiger partial charge >= 0.3 is 12.2 Å². The van der Waals surface area contributed by atoms with E-state index in [0.717, 1.165) is 6.07 Å². The Labute approximate surface area is 186 Å². The smallest absolute Gasteiger partial charge is 0.366 e. The number of carbonyl (C=O) groups excluding carboxylic acids is 2. The van der Waals surface area contributed by atoms with E-state index in [4.69, 9.17) is 4.74 Å². The third-order valence-electron chi connectivity index (χ3n) is 7.23. The fraction of sp³-hybridized carbons (Fsp3) is 0.667. The Morgan fingerprint density at radius 3 is 2.52 bits per heavy atom. The maximum Gasteiger partial charge on any atom is 0.433 e. The molecule has 7 nitrogen and oxygen atoms in total. The van der Waals surface area contributed by atoms with Gasteiger partial charge in [0.15, 0.2) is 0 Å². The van der Waals surface area contributed by atoms with Crippen molar-refractivity contribution in [1.29, 1.82) is 0 Å². The number of ether oxygens (including phenoxy) is 1. The third-order valence-corrected chi connectivity index (χ3v) is 7.23. The average Bonchev–Trinajstić information content (AvgIpc) is 2.70. The number of fused-ring (bicyclic) bond motifs is 1. The molecule has 1 N–H and O–H groups in total. The lowest BCUT2D eigenvalue weighted by Crippen LogP contribution is -2.69. The van der Waals surface area contributed by atoms with Crippen LogP contribution in [0.4, 0.5) is 26.7 Å². The van der Waals surface area contributed by atoms with Gasteiger partial charge in [-0.1, -0.05) is 0 Å². The van der Waals surface area contributed by atoms with Crippen LogP contribution in [0.5, 0.6) is 0 Å². The Morgan fingerprint density at radius 1 is 1.15 bits per heavy atom. The molecule has 0 radical (unpaired) electrons. The maximum atomic E-state index is 14.8. The summed E-state index contributed by atoms with van der Waals surface area (Å²) in [5.41, 5.74) is -2.10. The van der Waals surface area contributed by atoms with Crippen LogP contribution in [0.1, 0.15) is 30.5 Å². The van der Waals surface area contributed by atoms with Gasteiger partial charge < -0.3 is 19.9 Å². The third kappa shape index (κ3) is 3.91. The van der Waals surface area contributed by atoms with Crippen LogP contribution in [0.25, 0.3) is 0 Å². The van der Waals surface area contributed by atoms with Gasteiger partial charge in [0, 0.05) is 49.3 Å². The number of hydrogen-bond acceptors (Lipinski definition) is 4. The number of amides is 3. The minimum absolute atomic E-state index is 0.0259. The largest absolute Gasteiger partial charge is 0.433 e. The fourth-order valence-corrected chi connectivity index (χ4v) is 5.47. The molecule has 3 aliphatic heterocycles. The summed E-state index contributed by atoms with van der Waals surface area (Å²) in [6, 6.07) is 0.934. The fourth-order valence-electron chi connectivity index (χ4n) is 5.47. The van der Waals surface area contributed by atoms with E-state index >= 15 is 0 Å². The molecule has 4 fully saturated rings.